The van der Waals surface area contributed by atoms with E-state index < -0.39 is 0 Å². The maximum Gasteiger partial charge on any atom is 0.251 e. The molecule has 1 aromatic rings. The third-order valence-electron chi connectivity index (χ3n) is 4.21. The molecule has 1 aliphatic rings. The summed E-state index contributed by atoms with van der Waals surface area (Å²) in [7, 11) is 0. The van der Waals surface area contributed by atoms with Crippen LogP contribution in [0.4, 0.5) is 4.39 Å². The number of amides is 1. The van der Waals surface area contributed by atoms with Crippen molar-refractivity contribution in [2.75, 3.05) is 0 Å². The molecule has 0 aliphatic heterocycles. The monoisotopic (exact) mass is 327 g/mol. The number of hydrogen-bond acceptors (Lipinski definition) is 1. The van der Waals surface area contributed by atoms with Gasteiger partial charge in [-0.3, -0.25) is 4.79 Å². The molecule has 2 rings (SSSR count). The molecule has 104 valence electrons. The van der Waals surface area contributed by atoms with E-state index >= 15 is 0 Å². The van der Waals surface area contributed by atoms with Crippen LogP contribution in [0, 0.1) is 17.7 Å². The fourth-order valence-electron chi connectivity index (χ4n) is 2.67. The second-order valence-corrected chi connectivity index (χ2v) is 6.33. The third kappa shape index (κ3) is 3.35. The summed E-state index contributed by atoms with van der Waals surface area (Å²) in [5, 5.41) is 3.08. The van der Waals surface area contributed by atoms with E-state index in [1.54, 1.807) is 0 Å². The summed E-state index contributed by atoms with van der Waals surface area (Å²) in [6.07, 6.45) is 3.42. The first kappa shape index (κ1) is 14.5. The van der Waals surface area contributed by atoms with Crippen LogP contribution in [-0.4, -0.2) is 11.9 Å². The van der Waals surface area contributed by atoms with Crippen LogP contribution in [-0.2, 0) is 0 Å². The zero-order valence-corrected chi connectivity index (χ0v) is 12.8. The van der Waals surface area contributed by atoms with Crippen molar-refractivity contribution in [1.29, 1.82) is 0 Å². The second-order valence-electron chi connectivity index (χ2n) is 5.48. The van der Waals surface area contributed by atoms with Gasteiger partial charge in [0.2, 0.25) is 0 Å². The molecule has 1 saturated carbocycles. The molecule has 0 aromatic heterocycles. The van der Waals surface area contributed by atoms with Crippen LogP contribution in [0.3, 0.4) is 0 Å². The van der Waals surface area contributed by atoms with E-state index in [0.717, 1.165) is 12.8 Å². The summed E-state index contributed by atoms with van der Waals surface area (Å²) >= 11 is 3.11. The van der Waals surface area contributed by atoms with Gasteiger partial charge in [-0.05, 0) is 52.4 Å². The van der Waals surface area contributed by atoms with Gasteiger partial charge in [0.15, 0.2) is 0 Å². The zero-order chi connectivity index (χ0) is 14.0. The Morgan fingerprint density at radius 2 is 2.11 bits per heavy atom. The molecular formula is C15H19BrFNO. The quantitative estimate of drug-likeness (QED) is 0.868. The van der Waals surface area contributed by atoms with E-state index in [-0.39, 0.29) is 17.8 Å². The predicted molar refractivity (Wildman–Crippen MR) is 77.5 cm³/mol. The number of benzene rings is 1. The van der Waals surface area contributed by atoms with Gasteiger partial charge in [0, 0.05) is 11.6 Å². The number of carbonyl (C=O) groups excluding carboxylic acids is 1. The Bertz CT molecular complexity index is 477. The van der Waals surface area contributed by atoms with E-state index in [0.29, 0.717) is 21.9 Å². The van der Waals surface area contributed by atoms with Gasteiger partial charge >= 0.3 is 0 Å². The zero-order valence-electron chi connectivity index (χ0n) is 11.2. The molecular weight excluding hydrogens is 309 g/mol. The molecule has 1 aliphatic carbocycles. The van der Waals surface area contributed by atoms with Crippen molar-refractivity contribution in [3.8, 4) is 0 Å². The lowest BCUT2D eigenvalue weighted by Crippen LogP contribution is -2.43. The van der Waals surface area contributed by atoms with E-state index in [9.17, 15) is 9.18 Å². The summed E-state index contributed by atoms with van der Waals surface area (Å²) in [5.74, 6) is 0.656. The number of rotatable bonds is 2. The normalized spacial score (nSPS) is 27.1. The average Bonchev–Trinajstić information content (AvgIpc) is 2.38. The van der Waals surface area contributed by atoms with Crippen LogP contribution in [0.25, 0.3) is 0 Å². The fraction of sp³-hybridized carbons (Fsp3) is 0.533. The van der Waals surface area contributed by atoms with E-state index in [1.807, 2.05) is 0 Å². The molecule has 0 heterocycles. The molecule has 0 bridgehead atoms. The number of nitrogens with one attached hydrogen (secondary N) is 1. The SMILES string of the molecule is CC1CCCC(NC(=O)c2ccc(F)c(Br)c2)C1C. The molecule has 1 fully saturated rings. The standard InChI is InChI=1S/C15H19BrFNO/c1-9-4-3-5-14(10(9)2)18-15(19)11-6-7-13(17)12(16)8-11/h6-10,14H,3-5H2,1-2H3,(H,18,19). The highest BCUT2D eigenvalue weighted by molar-refractivity contribution is 9.10. The van der Waals surface area contributed by atoms with Gasteiger partial charge in [0.25, 0.3) is 5.91 Å². The first-order valence-electron chi connectivity index (χ1n) is 6.75. The Morgan fingerprint density at radius 1 is 1.37 bits per heavy atom. The van der Waals surface area contributed by atoms with Crippen molar-refractivity contribution in [3.63, 3.8) is 0 Å². The number of halogens is 2. The van der Waals surface area contributed by atoms with Crippen molar-refractivity contribution in [2.24, 2.45) is 11.8 Å². The molecule has 1 N–H and O–H groups in total. The van der Waals surface area contributed by atoms with Crippen LogP contribution >= 0.6 is 15.9 Å². The largest absolute Gasteiger partial charge is 0.349 e. The fourth-order valence-corrected chi connectivity index (χ4v) is 3.05. The summed E-state index contributed by atoms with van der Waals surface area (Å²) in [5.41, 5.74) is 0.499. The van der Waals surface area contributed by atoms with E-state index in [1.165, 1.54) is 24.6 Å². The minimum Gasteiger partial charge on any atom is -0.349 e. The molecule has 2 nitrogen and oxygen atoms in total. The minimum atomic E-state index is -0.351. The Balaban J connectivity index is 2.06. The van der Waals surface area contributed by atoms with Crippen LogP contribution in [0.1, 0.15) is 43.5 Å². The Morgan fingerprint density at radius 3 is 2.79 bits per heavy atom. The van der Waals surface area contributed by atoms with Crippen molar-refractivity contribution in [3.05, 3.63) is 34.1 Å². The second kappa shape index (κ2) is 6.04. The highest BCUT2D eigenvalue weighted by atomic mass is 79.9. The highest BCUT2D eigenvalue weighted by Gasteiger charge is 2.28. The third-order valence-corrected chi connectivity index (χ3v) is 4.81. The van der Waals surface area contributed by atoms with Gasteiger partial charge in [0.1, 0.15) is 5.82 Å². The lowest BCUT2D eigenvalue weighted by atomic mass is 9.78. The molecule has 4 heteroatoms. The van der Waals surface area contributed by atoms with Gasteiger partial charge in [-0.2, -0.15) is 0 Å². The molecule has 3 atom stereocenters. The van der Waals surface area contributed by atoms with Crippen LogP contribution in [0.2, 0.25) is 0 Å². The number of carbonyl (C=O) groups is 1. The molecule has 0 saturated heterocycles. The molecule has 0 radical (unpaired) electrons. The first-order chi connectivity index (χ1) is 8.99. The van der Waals surface area contributed by atoms with Gasteiger partial charge in [-0.25, -0.2) is 4.39 Å². The average molecular weight is 328 g/mol. The summed E-state index contributed by atoms with van der Waals surface area (Å²) in [6, 6.07) is 4.58. The molecule has 0 spiro atoms. The Kier molecular flexibility index (Phi) is 4.61. The molecule has 3 unspecified atom stereocenters. The molecule has 1 amide bonds. The highest BCUT2D eigenvalue weighted by Crippen LogP contribution is 2.29. The van der Waals surface area contributed by atoms with Crippen LogP contribution in [0.5, 0.6) is 0 Å². The summed E-state index contributed by atoms with van der Waals surface area (Å²) in [4.78, 5) is 12.2. The molecule has 19 heavy (non-hydrogen) atoms. The topological polar surface area (TPSA) is 29.1 Å². The Labute approximate surface area is 121 Å². The maximum atomic E-state index is 13.2. The van der Waals surface area contributed by atoms with Crippen molar-refractivity contribution < 1.29 is 9.18 Å². The van der Waals surface area contributed by atoms with E-state index in [2.05, 4.69) is 35.1 Å². The van der Waals surface area contributed by atoms with Crippen molar-refractivity contribution in [1.82, 2.24) is 5.32 Å². The van der Waals surface area contributed by atoms with E-state index in [4.69, 9.17) is 0 Å². The predicted octanol–water partition coefficient (Wildman–Crippen LogP) is 4.14. The summed E-state index contributed by atoms with van der Waals surface area (Å²) in [6.45, 7) is 4.42. The van der Waals surface area contributed by atoms with Gasteiger partial charge in [-0.1, -0.05) is 26.7 Å². The summed E-state index contributed by atoms with van der Waals surface area (Å²) < 4.78 is 13.5. The van der Waals surface area contributed by atoms with Gasteiger partial charge in [-0.15, -0.1) is 0 Å². The van der Waals surface area contributed by atoms with Gasteiger partial charge in [0.05, 0.1) is 4.47 Å². The smallest absolute Gasteiger partial charge is 0.251 e. The van der Waals surface area contributed by atoms with Crippen LogP contribution < -0.4 is 5.32 Å². The minimum absolute atomic E-state index is 0.119. The molecule has 1 aromatic carbocycles. The van der Waals surface area contributed by atoms with Crippen molar-refractivity contribution in [2.45, 2.75) is 39.2 Å². The van der Waals surface area contributed by atoms with Gasteiger partial charge < -0.3 is 5.32 Å². The number of hydrogen-bond donors (Lipinski definition) is 1. The first-order valence-corrected chi connectivity index (χ1v) is 7.54. The lowest BCUT2D eigenvalue weighted by Gasteiger charge is -2.34. The van der Waals surface area contributed by atoms with Crippen molar-refractivity contribution >= 4 is 21.8 Å². The maximum absolute atomic E-state index is 13.2. The lowest BCUT2D eigenvalue weighted by molar-refractivity contribution is 0.0891. The van der Waals surface area contributed by atoms with Crippen LogP contribution in [0.15, 0.2) is 22.7 Å². The Hall–Kier alpha value is -0.900.